The van der Waals surface area contributed by atoms with Crippen LogP contribution >= 0.6 is 0 Å². The molecule has 2 aliphatic rings. The maximum absolute atomic E-state index is 14.0. The van der Waals surface area contributed by atoms with E-state index in [1.54, 1.807) is 11.1 Å². The largest absolute Gasteiger partial charge is 0.453 e. The number of ether oxygens (including phenoxy) is 1. The van der Waals surface area contributed by atoms with E-state index in [4.69, 9.17) is 19.0 Å². The highest BCUT2D eigenvalue weighted by Crippen LogP contribution is 2.37. The van der Waals surface area contributed by atoms with Crippen LogP contribution in [0.4, 0.5) is 4.79 Å². The van der Waals surface area contributed by atoms with Gasteiger partial charge in [0.1, 0.15) is 17.9 Å². The van der Waals surface area contributed by atoms with Crippen LogP contribution in [0, 0.1) is 5.92 Å². The van der Waals surface area contributed by atoms with Crippen molar-refractivity contribution in [3.05, 3.63) is 143 Å². The number of carbonyl (C=O) groups is 3. The Morgan fingerprint density at radius 1 is 0.933 bits per heavy atom. The molecule has 2 fully saturated rings. The molecule has 0 radical (unpaired) electrons. The van der Waals surface area contributed by atoms with Gasteiger partial charge in [-0.25, -0.2) is 19.8 Å². The molecule has 4 heterocycles. The smallest absolute Gasteiger partial charge is 0.407 e. The predicted molar refractivity (Wildman–Crippen MR) is 224 cm³/mol. The number of amides is 2. The molecule has 4 aromatic carbocycles. The lowest BCUT2D eigenvalue weighted by Crippen LogP contribution is -2.38. The summed E-state index contributed by atoms with van der Waals surface area (Å²) in [7, 11) is 2.67. The molecule has 0 bridgehead atoms. The Labute approximate surface area is 347 Å². The number of Topliss-reactive ketones (excluding diaryl/α,β-unsaturated/α-hetero) is 1. The van der Waals surface area contributed by atoms with Crippen molar-refractivity contribution < 1.29 is 33.3 Å². The first-order valence-electron chi connectivity index (χ1n) is 20.1. The number of H-pyrrole nitrogens is 1. The fourth-order valence-electron chi connectivity index (χ4n) is 8.23. The number of rotatable bonds is 15. The average Bonchev–Trinajstić information content (AvgIpc) is 4.13. The number of nitrogens with zero attached hydrogens (tertiary/aromatic N) is 4. The normalized spacial score (nSPS) is 18.8. The summed E-state index contributed by atoms with van der Waals surface area (Å²) >= 11 is 0. The molecule has 14 heteroatoms. The third-order valence-electron chi connectivity index (χ3n) is 11.3. The van der Waals surface area contributed by atoms with Crippen LogP contribution in [-0.2, 0) is 36.9 Å². The van der Waals surface area contributed by atoms with Crippen LogP contribution < -0.4 is 10.6 Å². The van der Waals surface area contributed by atoms with E-state index in [0.717, 1.165) is 65.6 Å². The quantitative estimate of drug-likeness (QED) is 0.0425. The zero-order chi connectivity index (χ0) is 41.4. The van der Waals surface area contributed by atoms with Gasteiger partial charge in [0.2, 0.25) is 12.3 Å². The summed E-state index contributed by atoms with van der Waals surface area (Å²) in [4.78, 5) is 68.8. The number of aromatic nitrogens is 3. The van der Waals surface area contributed by atoms with Gasteiger partial charge in [-0.2, -0.15) is 4.89 Å². The molecular formula is C46H47N7O7. The van der Waals surface area contributed by atoms with Crippen LogP contribution in [0.1, 0.15) is 70.9 Å². The van der Waals surface area contributed by atoms with Crippen molar-refractivity contribution in [1.29, 1.82) is 0 Å². The second kappa shape index (κ2) is 18.5. The molecule has 2 aromatic heterocycles. The number of methoxy groups -OCH3 is 1. The lowest BCUT2D eigenvalue weighted by molar-refractivity contribution is -0.188. The number of likely N-dealkylation sites (tertiary alicyclic amines) is 1. The SMILES string of the molecule is COOC=N[C@H](C(=O)N1CCC[C@H]1c1ncc(-c2ccc(CCc3ccc4nc([C@@H]5CNCC5C(=O)[C@H](NC(=O)OC)c5ccccc5)[nH]c4c3)cc2)o1)c1ccccc1. The molecule has 0 saturated carbocycles. The molecule has 2 saturated heterocycles. The Morgan fingerprint density at radius 2 is 1.67 bits per heavy atom. The molecule has 60 heavy (non-hydrogen) atoms. The lowest BCUT2D eigenvalue weighted by atomic mass is 9.85. The summed E-state index contributed by atoms with van der Waals surface area (Å²) < 4.78 is 11.1. The number of fused-ring (bicyclic) bond motifs is 1. The van der Waals surface area contributed by atoms with E-state index in [1.807, 2.05) is 78.9 Å². The van der Waals surface area contributed by atoms with E-state index in [2.05, 4.69) is 54.7 Å². The van der Waals surface area contributed by atoms with Crippen molar-refractivity contribution in [3.63, 3.8) is 0 Å². The Balaban J connectivity index is 0.904. The molecule has 8 rings (SSSR count). The fraction of sp³-hybridized carbons (Fsp3) is 0.304. The van der Waals surface area contributed by atoms with Crippen LogP contribution in [0.5, 0.6) is 0 Å². The van der Waals surface area contributed by atoms with E-state index >= 15 is 0 Å². The maximum atomic E-state index is 14.0. The van der Waals surface area contributed by atoms with Gasteiger partial charge in [-0.1, -0.05) is 91.0 Å². The number of imidazole rings is 1. The van der Waals surface area contributed by atoms with Gasteiger partial charge in [-0.05, 0) is 60.1 Å². The monoisotopic (exact) mass is 809 g/mol. The Kier molecular flexibility index (Phi) is 12.4. The number of benzene rings is 4. The molecule has 14 nitrogen and oxygen atoms in total. The van der Waals surface area contributed by atoms with Crippen LogP contribution in [-0.4, -0.2) is 77.9 Å². The van der Waals surface area contributed by atoms with Crippen LogP contribution in [0.2, 0.25) is 0 Å². The van der Waals surface area contributed by atoms with Gasteiger partial charge in [0.15, 0.2) is 17.6 Å². The highest BCUT2D eigenvalue weighted by molar-refractivity contribution is 5.91. The van der Waals surface area contributed by atoms with Gasteiger partial charge in [0.25, 0.3) is 5.91 Å². The highest BCUT2D eigenvalue weighted by atomic mass is 17.2. The van der Waals surface area contributed by atoms with E-state index in [9.17, 15) is 14.4 Å². The number of carbonyl (C=O) groups excluding carboxylic acids is 3. The van der Waals surface area contributed by atoms with Gasteiger partial charge in [-0.3, -0.25) is 9.59 Å². The van der Waals surface area contributed by atoms with Gasteiger partial charge >= 0.3 is 6.09 Å². The Bertz CT molecular complexity index is 2430. The van der Waals surface area contributed by atoms with Gasteiger partial charge in [-0.15, -0.1) is 0 Å². The predicted octanol–water partition coefficient (Wildman–Crippen LogP) is 6.98. The molecule has 0 spiro atoms. The van der Waals surface area contributed by atoms with Gasteiger partial charge in [0, 0.05) is 37.0 Å². The van der Waals surface area contributed by atoms with Crippen molar-refractivity contribution in [1.82, 2.24) is 30.5 Å². The molecule has 3 N–H and O–H groups in total. The summed E-state index contributed by atoms with van der Waals surface area (Å²) in [6.45, 7) is 1.64. The minimum atomic E-state index is -0.841. The maximum Gasteiger partial charge on any atom is 0.407 e. The van der Waals surface area contributed by atoms with E-state index < -0.39 is 24.1 Å². The minimum absolute atomic E-state index is 0.0985. The first-order chi connectivity index (χ1) is 29.4. The highest BCUT2D eigenvalue weighted by Gasteiger charge is 2.40. The van der Waals surface area contributed by atoms with Crippen molar-refractivity contribution in [3.8, 4) is 11.3 Å². The molecule has 1 unspecified atom stereocenters. The van der Waals surface area contributed by atoms with Gasteiger partial charge < -0.3 is 34.6 Å². The number of aliphatic imine (C=N–C) groups is 1. The van der Waals surface area contributed by atoms with Crippen molar-refractivity contribution in [2.24, 2.45) is 10.9 Å². The summed E-state index contributed by atoms with van der Waals surface area (Å²) in [6.07, 6.45) is 5.41. The third-order valence-corrected chi connectivity index (χ3v) is 11.3. The van der Waals surface area contributed by atoms with Crippen molar-refractivity contribution in [2.45, 2.75) is 49.7 Å². The summed E-state index contributed by atoms with van der Waals surface area (Å²) in [5.74, 6) is 1.03. The topological polar surface area (TPSA) is 173 Å². The first-order valence-corrected chi connectivity index (χ1v) is 20.1. The number of hydrogen-bond acceptors (Lipinski definition) is 11. The summed E-state index contributed by atoms with van der Waals surface area (Å²) in [5, 5.41) is 6.10. The molecular weight excluding hydrogens is 763 g/mol. The fourth-order valence-corrected chi connectivity index (χ4v) is 8.23. The summed E-state index contributed by atoms with van der Waals surface area (Å²) in [5.41, 5.74) is 6.43. The first kappa shape index (κ1) is 40.2. The van der Waals surface area contributed by atoms with Crippen molar-refractivity contribution >= 4 is 35.2 Å². The van der Waals surface area contributed by atoms with E-state index in [-0.39, 0.29) is 23.7 Å². The van der Waals surface area contributed by atoms with E-state index in [0.29, 0.717) is 36.8 Å². The number of aryl methyl sites for hydroxylation is 2. The van der Waals surface area contributed by atoms with Gasteiger partial charge in [0.05, 0.1) is 31.4 Å². The Hall–Kier alpha value is -6.64. The molecule has 0 aliphatic carbocycles. The zero-order valence-corrected chi connectivity index (χ0v) is 33.5. The molecule has 2 aliphatic heterocycles. The zero-order valence-electron chi connectivity index (χ0n) is 33.5. The van der Waals surface area contributed by atoms with Crippen LogP contribution in [0.3, 0.4) is 0 Å². The second-order valence-electron chi connectivity index (χ2n) is 15.0. The molecule has 5 atom stereocenters. The number of aromatic amines is 1. The number of ketones is 1. The van der Waals surface area contributed by atoms with Crippen LogP contribution in [0.15, 0.2) is 119 Å². The number of alkyl carbamates (subject to hydrolysis) is 1. The lowest BCUT2D eigenvalue weighted by Gasteiger charge is -2.25. The Morgan fingerprint density at radius 3 is 2.42 bits per heavy atom. The van der Waals surface area contributed by atoms with E-state index in [1.165, 1.54) is 19.8 Å². The van der Waals surface area contributed by atoms with Crippen LogP contribution in [0.25, 0.3) is 22.4 Å². The third kappa shape index (κ3) is 8.84. The summed E-state index contributed by atoms with van der Waals surface area (Å²) in [6, 6.07) is 31.2. The van der Waals surface area contributed by atoms with Crippen molar-refractivity contribution in [2.75, 3.05) is 33.9 Å². The molecule has 2 amide bonds. The number of nitrogens with one attached hydrogen (secondary N) is 3. The second-order valence-corrected chi connectivity index (χ2v) is 15.0. The molecule has 308 valence electrons. The average molecular weight is 810 g/mol. The standard InChI is InChI=1S/C46H47N7O7/c1-57-46(56)52-40(32-10-5-3-6-11-32)42(54)34-25-47-26-35(34)43-50-36-22-19-30(24-37(36)51-43)16-15-29-17-20-31(21-18-29)39-27-48-44(60-39)38-14-9-23-53(38)45(55)41(49-28-59-58-2)33-12-7-4-8-13-33/h3-8,10-13,17-22,24,27-28,34-35,38,40-41,47H,9,14-16,23,25-26H2,1-2H3,(H,50,51)(H,52,56)/t34?,35-,38+,40-,41+/m1/s1. The number of hydrogen-bond donors (Lipinski definition) is 3. The molecule has 6 aromatic rings. The number of oxazole rings is 1. The minimum Gasteiger partial charge on any atom is -0.453 e.